The van der Waals surface area contributed by atoms with E-state index >= 15 is 0 Å². The Labute approximate surface area is 146 Å². The summed E-state index contributed by atoms with van der Waals surface area (Å²) >= 11 is 0. The number of aromatic nitrogens is 3. The van der Waals surface area contributed by atoms with Crippen LogP contribution in [0.5, 0.6) is 0 Å². The number of piperidine rings is 1. The fourth-order valence-corrected chi connectivity index (χ4v) is 3.22. The average Bonchev–Trinajstić information content (AvgIpc) is 3.06. The number of fused-ring (bicyclic) bond motifs is 1. The van der Waals surface area contributed by atoms with Crippen molar-refractivity contribution in [2.24, 2.45) is 0 Å². The molecule has 0 bridgehead atoms. The molecule has 1 aliphatic heterocycles. The molecule has 2 aromatic heterocycles. The number of hydrogen-bond acceptors (Lipinski definition) is 6. The first-order valence-electron chi connectivity index (χ1n) is 8.60. The lowest BCUT2D eigenvalue weighted by molar-refractivity contribution is 0.524. The van der Waals surface area contributed by atoms with Crippen molar-refractivity contribution in [2.45, 2.75) is 32.1 Å². The third kappa shape index (κ3) is 3.05. The lowest BCUT2D eigenvalue weighted by atomic mass is 10.1. The van der Waals surface area contributed by atoms with Crippen molar-refractivity contribution in [3.05, 3.63) is 47.6 Å². The predicted octanol–water partition coefficient (Wildman–Crippen LogP) is 3.57. The van der Waals surface area contributed by atoms with Gasteiger partial charge in [0.2, 0.25) is 11.8 Å². The average molecular weight is 333 g/mol. The van der Waals surface area contributed by atoms with E-state index in [4.69, 9.17) is 4.42 Å². The molecule has 3 heterocycles. The molecule has 0 amide bonds. The number of rotatable bonds is 3. The minimum Gasteiger partial charge on any atom is -0.439 e. The van der Waals surface area contributed by atoms with Crippen LogP contribution in [0.25, 0.3) is 11.1 Å². The monoisotopic (exact) mass is 333 g/mol. The highest BCUT2D eigenvalue weighted by Crippen LogP contribution is 2.27. The first-order chi connectivity index (χ1) is 12.2. The molecule has 25 heavy (non-hydrogen) atoms. The topological polar surface area (TPSA) is 78.8 Å². The number of anilines is 1. The zero-order chi connectivity index (χ0) is 17.2. The van der Waals surface area contributed by atoms with Crippen LogP contribution in [-0.2, 0) is 0 Å². The molecule has 0 aliphatic carbocycles. The maximum absolute atomic E-state index is 9.73. The van der Waals surface area contributed by atoms with E-state index in [1.54, 1.807) is 0 Å². The molecule has 1 atom stereocenters. The Hall–Kier alpha value is -2.94. The quantitative estimate of drug-likeness (QED) is 0.729. The minimum absolute atomic E-state index is 0.381. The number of hydrogen-bond donors (Lipinski definition) is 0. The Morgan fingerprint density at radius 3 is 2.68 bits per heavy atom. The summed E-state index contributed by atoms with van der Waals surface area (Å²) in [5.41, 5.74) is 2.92. The summed E-state index contributed by atoms with van der Waals surface area (Å²) < 4.78 is 5.79. The highest BCUT2D eigenvalue weighted by Gasteiger charge is 2.24. The van der Waals surface area contributed by atoms with E-state index in [1.165, 1.54) is 6.42 Å². The number of oxazole rings is 1. The molecule has 0 N–H and O–H groups in total. The Bertz CT molecular complexity index is 903. The zero-order valence-corrected chi connectivity index (χ0v) is 14.1. The van der Waals surface area contributed by atoms with E-state index < -0.39 is 5.92 Å². The molecule has 1 unspecified atom stereocenters. The van der Waals surface area contributed by atoms with Gasteiger partial charge in [-0.25, -0.2) is 15.0 Å². The molecule has 0 radical (unpaired) electrons. The number of para-hydroxylation sites is 2. The molecule has 0 saturated carbocycles. The lowest BCUT2D eigenvalue weighted by Gasteiger charge is -2.27. The van der Waals surface area contributed by atoms with Gasteiger partial charge in [-0.1, -0.05) is 12.1 Å². The molecule has 6 nitrogen and oxygen atoms in total. The fraction of sp³-hybridized carbons (Fsp3) is 0.368. The van der Waals surface area contributed by atoms with Crippen LogP contribution >= 0.6 is 0 Å². The standard InChI is InChI=1S/C19H19N5O/c1-13-11-16(23-19(21-13)24-9-5-2-6-10-24)14(12-20)18-22-15-7-3-4-8-17(15)25-18/h3-4,7-8,11,14H,2,5-6,9-10H2,1H3. The van der Waals surface area contributed by atoms with Gasteiger partial charge in [0.1, 0.15) is 5.52 Å². The smallest absolute Gasteiger partial charge is 0.225 e. The molecular formula is C19H19N5O. The molecule has 3 aromatic rings. The van der Waals surface area contributed by atoms with Crippen LogP contribution in [0.15, 0.2) is 34.7 Å². The van der Waals surface area contributed by atoms with E-state index in [0.717, 1.165) is 37.1 Å². The Morgan fingerprint density at radius 1 is 1.12 bits per heavy atom. The maximum Gasteiger partial charge on any atom is 0.225 e. The van der Waals surface area contributed by atoms with Crippen molar-refractivity contribution in [2.75, 3.05) is 18.0 Å². The van der Waals surface area contributed by atoms with Gasteiger partial charge in [0.15, 0.2) is 11.5 Å². The van der Waals surface area contributed by atoms with E-state index in [0.29, 0.717) is 23.1 Å². The Balaban J connectivity index is 1.73. The Kier molecular flexibility index (Phi) is 4.06. The predicted molar refractivity (Wildman–Crippen MR) is 94.3 cm³/mol. The van der Waals surface area contributed by atoms with Crippen molar-refractivity contribution >= 4 is 17.0 Å². The second-order valence-electron chi connectivity index (χ2n) is 6.36. The zero-order valence-electron chi connectivity index (χ0n) is 14.1. The second kappa shape index (κ2) is 6.52. The highest BCUT2D eigenvalue weighted by molar-refractivity contribution is 5.72. The summed E-state index contributed by atoms with van der Waals surface area (Å²) in [6, 6.07) is 11.7. The van der Waals surface area contributed by atoms with Gasteiger partial charge in [0.25, 0.3) is 0 Å². The summed E-state index contributed by atoms with van der Waals surface area (Å²) in [5, 5.41) is 9.73. The molecule has 6 heteroatoms. The van der Waals surface area contributed by atoms with Crippen molar-refractivity contribution in [1.82, 2.24) is 15.0 Å². The second-order valence-corrected chi connectivity index (χ2v) is 6.36. The molecule has 126 valence electrons. The van der Waals surface area contributed by atoms with Crippen LogP contribution < -0.4 is 4.90 Å². The molecule has 1 aliphatic rings. The molecule has 4 rings (SSSR count). The molecule has 1 aromatic carbocycles. The van der Waals surface area contributed by atoms with Crippen LogP contribution in [0, 0.1) is 18.3 Å². The third-order valence-corrected chi connectivity index (χ3v) is 4.48. The summed E-state index contributed by atoms with van der Waals surface area (Å²) in [6.07, 6.45) is 3.55. The van der Waals surface area contributed by atoms with Crippen LogP contribution in [0.4, 0.5) is 5.95 Å². The summed E-state index contributed by atoms with van der Waals surface area (Å²) in [6.45, 7) is 3.85. The van der Waals surface area contributed by atoms with Crippen LogP contribution in [0.1, 0.15) is 42.5 Å². The van der Waals surface area contributed by atoms with Crippen molar-refractivity contribution < 1.29 is 4.42 Å². The summed E-state index contributed by atoms with van der Waals surface area (Å²) in [5.74, 6) is 0.440. The van der Waals surface area contributed by atoms with Crippen LogP contribution in [0.3, 0.4) is 0 Å². The number of aryl methyl sites for hydroxylation is 1. The van der Waals surface area contributed by atoms with Gasteiger partial charge >= 0.3 is 0 Å². The van der Waals surface area contributed by atoms with Gasteiger partial charge in [-0.15, -0.1) is 0 Å². The van der Waals surface area contributed by atoms with Gasteiger partial charge in [0, 0.05) is 18.8 Å². The lowest BCUT2D eigenvalue weighted by Crippen LogP contribution is -2.31. The maximum atomic E-state index is 9.73. The van der Waals surface area contributed by atoms with E-state index in [1.807, 2.05) is 37.3 Å². The third-order valence-electron chi connectivity index (χ3n) is 4.48. The van der Waals surface area contributed by atoms with E-state index in [2.05, 4.69) is 25.9 Å². The summed E-state index contributed by atoms with van der Waals surface area (Å²) in [7, 11) is 0. The normalized spacial score (nSPS) is 15.9. The molecule has 0 spiro atoms. The van der Waals surface area contributed by atoms with Gasteiger partial charge in [-0.05, 0) is 44.4 Å². The number of benzene rings is 1. The first-order valence-corrected chi connectivity index (χ1v) is 8.60. The number of nitriles is 1. The molecule has 1 saturated heterocycles. The SMILES string of the molecule is Cc1cc(C(C#N)c2nc3ccccc3o2)nc(N2CCCCC2)n1. The van der Waals surface area contributed by atoms with Gasteiger partial charge < -0.3 is 9.32 Å². The molecular weight excluding hydrogens is 314 g/mol. The number of nitrogens with zero attached hydrogens (tertiary/aromatic N) is 5. The van der Waals surface area contributed by atoms with Crippen molar-refractivity contribution in [3.63, 3.8) is 0 Å². The first kappa shape index (κ1) is 15.6. The fourth-order valence-electron chi connectivity index (χ4n) is 3.22. The van der Waals surface area contributed by atoms with Crippen LogP contribution in [0.2, 0.25) is 0 Å². The van der Waals surface area contributed by atoms with Crippen molar-refractivity contribution in [3.8, 4) is 6.07 Å². The highest BCUT2D eigenvalue weighted by atomic mass is 16.3. The largest absolute Gasteiger partial charge is 0.439 e. The van der Waals surface area contributed by atoms with Crippen molar-refractivity contribution in [1.29, 1.82) is 5.26 Å². The summed E-state index contributed by atoms with van der Waals surface area (Å²) in [4.78, 5) is 15.9. The van der Waals surface area contributed by atoms with Gasteiger partial charge in [-0.2, -0.15) is 5.26 Å². The minimum atomic E-state index is -0.641. The molecule has 1 fully saturated rings. The van der Waals surface area contributed by atoms with E-state index in [9.17, 15) is 5.26 Å². The Morgan fingerprint density at radius 2 is 1.92 bits per heavy atom. The van der Waals surface area contributed by atoms with Gasteiger partial charge in [0.05, 0.1) is 11.8 Å². The van der Waals surface area contributed by atoms with Gasteiger partial charge in [-0.3, -0.25) is 0 Å². The van der Waals surface area contributed by atoms with Crippen LogP contribution in [-0.4, -0.2) is 28.0 Å². The van der Waals surface area contributed by atoms with E-state index in [-0.39, 0.29) is 0 Å².